The van der Waals surface area contributed by atoms with E-state index in [2.05, 4.69) is 4.90 Å². The van der Waals surface area contributed by atoms with Gasteiger partial charge in [-0.05, 0) is 49.3 Å². The Hall–Kier alpha value is -1.49. The van der Waals surface area contributed by atoms with Crippen LogP contribution in [0.2, 0.25) is 0 Å². The van der Waals surface area contributed by atoms with Crippen molar-refractivity contribution in [2.75, 3.05) is 12.3 Å². The molecule has 1 saturated heterocycles. The molecule has 130 valence electrons. The Labute approximate surface area is 148 Å². The van der Waals surface area contributed by atoms with Crippen molar-refractivity contribution in [2.45, 2.75) is 50.3 Å². The van der Waals surface area contributed by atoms with Gasteiger partial charge in [0.2, 0.25) is 11.8 Å². The molecule has 2 fully saturated rings. The van der Waals surface area contributed by atoms with Crippen LogP contribution < -0.4 is 5.73 Å². The van der Waals surface area contributed by atoms with Gasteiger partial charge >= 0.3 is 0 Å². The molecule has 1 aromatic rings. The highest BCUT2D eigenvalue weighted by Gasteiger charge is 2.35. The lowest BCUT2D eigenvalue weighted by Crippen LogP contribution is -2.50. The number of rotatable bonds is 5. The maximum Gasteiger partial charge on any atom is 0.248 e. The SMILES string of the molecule is NC(=O)c1cccc(CSCC(=O)N2CCC[C@H]3CCCC[C@@H]32)c1. The molecule has 1 aliphatic carbocycles. The lowest BCUT2D eigenvalue weighted by Gasteiger charge is -2.44. The molecule has 1 saturated carbocycles. The molecule has 0 radical (unpaired) electrons. The van der Waals surface area contributed by atoms with Gasteiger partial charge in [0.15, 0.2) is 0 Å². The number of nitrogens with zero attached hydrogens (tertiary/aromatic N) is 1. The Morgan fingerprint density at radius 1 is 1.17 bits per heavy atom. The zero-order chi connectivity index (χ0) is 16.9. The molecule has 2 aliphatic rings. The minimum Gasteiger partial charge on any atom is -0.366 e. The van der Waals surface area contributed by atoms with Gasteiger partial charge in [0.05, 0.1) is 5.75 Å². The van der Waals surface area contributed by atoms with E-state index < -0.39 is 5.91 Å². The summed E-state index contributed by atoms with van der Waals surface area (Å²) in [5, 5.41) is 0. The van der Waals surface area contributed by atoms with E-state index in [0.717, 1.165) is 30.2 Å². The van der Waals surface area contributed by atoms with Crippen LogP contribution in [0.1, 0.15) is 54.4 Å². The standard InChI is InChI=1S/C19H26N2O2S/c20-19(23)16-7-3-5-14(11-16)12-24-13-18(22)21-10-4-8-15-6-1-2-9-17(15)21/h3,5,7,11,15,17H,1-2,4,6,8-10,12-13H2,(H2,20,23)/t15-,17+/m1/s1. The molecule has 5 heteroatoms. The number of hydrogen-bond donors (Lipinski definition) is 1. The summed E-state index contributed by atoms with van der Waals surface area (Å²) in [6.07, 6.45) is 7.51. The van der Waals surface area contributed by atoms with Crippen LogP contribution in [0.3, 0.4) is 0 Å². The number of likely N-dealkylation sites (tertiary alicyclic amines) is 1. The Morgan fingerprint density at radius 2 is 1.96 bits per heavy atom. The molecule has 1 aromatic carbocycles. The second-order valence-electron chi connectivity index (χ2n) is 6.90. The van der Waals surface area contributed by atoms with Gasteiger partial charge < -0.3 is 10.6 Å². The van der Waals surface area contributed by atoms with Crippen LogP contribution in [-0.4, -0.2) is 35.1 Å². The molecule has 0 aromatic heterocycles. The van der Waals surface area contributed by atoms with Crippen molar-refractivity contribution >= 4 is 23.6 Å². The molecule has 0 unspecified atom stereocenters. The lowest BCUT2D eigenvalue weighted by atomic mass is 9.78. The summed E-state index contributed by atoms with van der Waals surface area (Å²) in [5.41, 5.74) is 6.88. The predicted octanol–water partition coefficient (Wildman–Crippen LogP) is 3.20. The van der Waals surface area contributed by atoms with Crippen LogP contribution in [0, 0.1) is 5.92 Å². The summed E-state index contributed by atoms with van der Waals surface area (Å²) < 4.78 is 0. The summed E-state index contributed by atoms with van der Waals surface area (Å²) in [6.45, 7) is 0.928. The molecule has 24 heavy (non-hydrogen) atoms. The van der Waals surface area contributed by atoms with E-state index in [4.69, 9.17) is 5.73 Å². The third-order valence-corrected chi connectivity index (χ3v) is 6.26. The Kier molecular flexibility index (Phi) is 5.82. The third-order valence-electron chi connectivity index (χ3n) is 5.27. The first-order chi connectivity index (χ1) is 11.6. The number of carbonyl (C=O) groups is 2. The second kappa shape index (κ2) is 8.06. The minimum atomic E-state index is -0.408. The number of amides is 2. The zero-order valence-corrected chi connectivity index (χ0v) is 14.9. The molecule has 1 aliphatic heterocycles. The number of carbonyl (C=O) groups excluding carboxylic acids is 2. The first kappa shape index (κ1) is 17.3. The van der Waals surface area contributed by atoms with Gasteiger partial charge in [-0.2, -0.15) is 0 Å². The first-order valence-corrected chi connectivity index (χ1v) is 10.1. The zero-order valence-electron chi connectivity index (χ0n) is 14.1. The number of hydrogen-bond acceptors (Lipinski definition) is 3. The Morgan fingerprint density at radius 3 is 2.79 bits per heavy atom. The highest BCUT2D eigenvalue weighted by atomic mass is 32.2. The number of primary amides is 1. The summed E-state index contributed by atoms with van der Waals surface area (Å²) in [5.74, 6) is 1.85. The molecule has 3 rings (SSSR count). The van der Waals surface area contributed by atoms with E-state index in [1.165, 1.54) is 32.1 Å². The largest absolute Gasteiger partial charge is 0.366 e. The van der Waals surface area contributed by atoms with Crippen molar-refractivity contribution in [3.8, 4) is 0 Å². The van der Waals surface area contributed by atoms with E-state index in [0.29, 0.717) is 17.4 Å². The summed E-state index contributed by atoms with van der Waals surface area (Å²) in [6, 6.07) is 7.84. The van der Waals surface area contributed by atoms with Crippen molar-refractivity contribution in [1.29, 1.82) is 0 Å². The first-order valence-electron chi connectivity index (χ1n) is 8.91. The summed E-state index contributed by atoms with van der Waals surface area (Å²) in [7, 11) is 0. The second-order valence-corrected chi connectivity index (χ2v) is 7.88. The van der Waals surface area contributed by atoms with Crippen LogP contribution in [0.15, 0.2) is 24.3 Å². The normalized spacial score (nSPS) is 23.6. The van der Waals surface area contributed by atoms with Crippen molar-refractivity contribution in [3.05, 3.63) is 35.4 Å². The van der Waals surface area contributed by atoms with Crippen LogP contribution >= 0.6 is 11.8 Å². The number of fused-ring (bicyclic) bond motifs is 1. The molecular formula is C19H26N2O2S. The maximum atomic E-state index is 12.6. The number of thioether (sulfide) groups is 1. The molecule has 2 atom stereocenters. The molecule has 2 N–H and O–H groups in total. The van der Waals surface area contributed by atoms with Crippen LogP contribution in [0.25, 0.3) is 0 Å². The number of benzene rings is 1. The Bertz CT molecular complexity index is 603. The van der Waals surface area contributed by atoms with E-state index in [1.807, 2.05) is 18.2 Å². The summed E-state index contributed by atoms with van der Waals surface area (Å²) >= 11 is 1.62. The van der Waals surface area contributed by atoms with Crippen molar-refractivity contribution < 1.29 is 9.59 Å². The van der Waals surface area contributed by atoms with E-state index in [9.17, 15) is 9.59 Å². The van der Waals surface area contributed by atoms with E-state index in [-0.39, 0.29) is 5.91 Å². The summed E-state index contributed by atoms with van der Waals surface area (Å²) in [4.78, 5) is 26.0. The van der Waals surface area contributed by atoms with Crippen molar-refractivity contribution in [2.24, 2.45) is 11.7 Å². The van der Waals surface area contributed by atoms with Gasteiger partial charge in [-0.1, -0.05) is 25.0 Å². The smallest absolute Gasteiger partial charge is 0.248 e. The van der Waals surface area contributed by atoms with Gasteiger partial charge in [0, 0.05) is 23.9 Å². The fraction of sp³-hybridized carbons (Fsp3) is 0.579. The molecule has 2 amide bonds. The molecule has 4 nitrogen and oxygen atoms in total. The average Bonchev–Trinajstić information content (AvgIpc) is 2.61. The molecule has 0 bridgehead atoms. The Balaban J connectivity index is 1.52. The lowest BCUT2D eigenvalue weighted by molar-refractivity contribution is -0.134. The minimum absolute atomic E-state index is 0.280. The van der Waals surface area contributed by atoms with Gasteiger partial charge in [0.1, 0.15) is 0 Å². The highest BCUT2D eigenvalue weighted by Crippen LogP contribution is 2.35. The van der Waals surface area contributed by atoms with Crippen LogP contribution in [0.4, 0.5) is 0 Å². The van der Waals surface area contributed by atoms with Gasteiger partial charge in [0.25, 0.3) is 0 Å². The van der Waals surface area contributed by atoms with Gasteiger partial charge in [-0.15, -0.1) is 11.8 Å². The third kappa shape index (κ3) is 4.12. The van der Waals surface area contributed by atoms with E-state index >= 15 is 0 Å². The predicted molar refractivity (Wildman–Crippen MR) is 97.8 cm³/mol. The van der Waals surface area contributed by atoms with Gasteiger partial charge in [-0.3, -0.25) is 9.59 Å². The van der Waals surface area contributed by atoms with Crippen molar-refractivity contribution in [1.82, 2.24) is 4.90 Å². The maximum absolute atomic E-state index is 12.6. The fourth-order valence-electron chi connectivity index (χ4n) is 4.09. The fourth-order valence-corrected chi connectivity index (χ4v) is 4.95. The topological polar surface area (TPSA) is 63.4 Å². The average molecular weight is 346 g/mol. The van der Waals surface area contributed by atoms with E-state index in [1.54, 1.807) is 17.8 Å². The molecule has 1 heterocycles. The highest BCUT2D eigenvalue weighted by molar-refractivity contribution is 7.99. The van der Waals surface area contributed by atoms with Gasteiger partial charge in [-0.25, -0.2) is 0 Å². The monoisotopic (exact) mass is 346 g/mol. The number of piperidine rings is 1. The van der Waals surface area contributed by atoms with Crippen LogP contribution in [0.5, 0.6) is 0 Å². The quantitative estimate of drug-likeness (QED) is 0.890. The van der Waals surface area contributed by atoms with Crippen molar-refractivity contribution in [3.63, 3.8) is 0 Å². The molecule has 0 spiro atoms. The van der Waals surface area contributed by atoms with Crippen LogP contribution in [-0.2, 0) is 10.5 Å². The number of nitrogens with two attached hydrogens (primary N) is 1. The molecular weight excluding hydrogens is 320 g/mol.